The van der Waals surface area contributed by atoms with E-state index >= 15 is 0 Å². The second kappa shape index (κ2) is 6.54. The fraction of sp³-hybridized carbons (Fsp3) is 0.150. The van der Waals surface area contributed by atoms with Crippen LogP contribution in [0, 0.1) is 13.8 Å². The number of nitrogens with zero attached hydrogens (tertiary/aromatic N) is 2. The average Bonchev–Trinajstić information content (AvgIpc) is 3.14. The Morgan fingerprint density at radius 1 is 1.12 bits per heavy atom. The van der Waals surface area contributed by atoms with Crippen LogP contribution in [0.2, 0.25) is 5.02 Å². The monoisotopic (exact) mass is 368 g/mol. The molecule has 0 aliphatic heterocycles. The molecule has 0 aliphatic carbocycles. The Balaban J connectivity index is 1.57. The lowest BCUT2D eigenvalue weighted by atomic mass is 10.2. The van der Waals surface area contributed by atoms with Gasteiger partial charge >= 0.3 is 0 Å². The zero-order valence-electron chi connectivity index (χ0n) is 14.0. The van der Waals surface area contributed by atoms with Gasteiger partial charge in [-0.15, -0.1) is 11.3 Å². The topological polar surface area (TPSA) is 27.1 Å². The van der Waals surface area contributed by atoms with E-state index in [0.29, 0.717) is 5.02 Å². The van der Waals surface area contributed by atoms with Crippen molar-refractivity contribution < 1.29 is 4.74 Å². The highest BCUT2D eigenvalue weighted by Crippen LogP contribution is 2.29. The van der Waals surface area contributed by atoms with Gasteiger partial charge in [0.2, 0.25) is 0 Å². The van der Waals surface area contributed by atoms with Crippen LogP contribution in [0.1, 0.15) is 17.0 Å². The molecule has 4 rings (SSSR count). The molecule has 0 saturated carbocycles. The quantitative estimate of drug-likeness (QED) is 0.428. The van der Waals surface area contributed by atoms with Gasteiger partial charge in [0, 0.05) is 6.54 Å². The number of rotatable bonds is 4. The van der Waals surface area contributed by atoms with Crippen molar-refractivity contribution in [1.29, 1.82) is 0 Å². The zero-order chi connectivity index (χ0) is 17.4. The summed E-state index contributed by atoms with van der Waals surface area (Å²) in [5, 5.41) is 3.69. The fourth-order valence-corrected chi connectivity index (χ4v) is 3.83. The summed E-state index contributed by atoms with van der Waals surface area (Å²) in [6.45, 7) is 4.82. The van der Waals surface area contributed by atoms with Crippen molar-refractivity contribution in [1.82, 2.24) is 9.55 Å². The lowest BCUT2D eigenvalue weighted by Gasteiger charge is -2.08. The highest BCUT2D eigenvalue weighted by atomic mass is 35.5. The summed E-state index contributed by atoms with van der Waals surface area (Å²) in [5.74, 6) is 1.80. The second-order valence-corrected chi connectivity index (χ2v) is 7.32. The van der Waals surface area contributed by atoms with Crippen molar-refractivity contribution in [3.63, 3.8) is 0 Å². The van der Waals surface area contributed by atoms with E-state index in [-0.39, 0.29) is 0 Å². The molecule has 0 N–H and O–H groups in total. The number of halogens is 1. The van der Waals surface area contributed by atoms with Gasteiger partial charge in [-0.2, -0.15) is 0 Å². The number of aryl methyl sites for hydroxylation is 2. The smallest absolute Gasteiger partial charge is 0.181 e. The molecule has 126 valence electrons. The first-order valence-electron chi connectivity index (χ1n) is 8.03. The third-order valence-corrected chi connectivity index (χ3v) is 5.34. The van der Waals surface area contributed by atoms with Gasteiger partial charge in [0.1, 0.15) is 17.1 Å². The van der Waals surface area contributed by atoms with Gasteiger partial charge in [0.15, 0.2) is 5.06 Å². The summed E-state index contributed by atoms with van der Waals surface area (Å²) in [6.07, 6.45) is 0. The summed E-state index contributed by atoms with van der Waals surface area (Å²) >= 11 is 7.86. The Morgan fingerprint density at radius 3 is 2.64 bits per heavy atom. The van der Waals surface area contributed by atoms with Gasteiger partial charge in [-0.3, -0.25) is 0 Å². The van der Waals surface area contributed by atoms with Crippen LogP contribution < -0.4 is 4.74 Å². The summed E-state index contributed by atoms with van der Waals surface area (Å²) in [5.41, 5.74) is 4.32. The van der Waals surface area contributed by atoms with E-state index in [4.69, 9.17) is 16.3 Å². The highest BCUT2D eigenvalue weighted by Gasteiger charge is 2.10. The Bertz CT molecular complexity index is 1030. The molecule has 0 spiro atoms. The van der Waals surface area contributed by atoms with Crippen LogP contribution in [-0.2, 0) is 6.54 Å². The van der Waals surface area contributed by atoms with Crippen LogP contribution in [0.25, 0.3) is 11.0 Å². The minimum Gasteiger partial charge on any atom is -0.447 e. The van der Waals surface area contributed by atoms with Gasteiger partial charge in [-0.05, 0) is 60.7 Å². The Hall–Kier alpha value is -2.30. The fourth-order valence-electron chi connectivity index (χ4n) is 2.85. The molecule has 25 heavy (non-hydrogen) atoms. The van der Waals surface area contributed by atoms with E-state index in [1.54, 1.807) is 11.3 Å². The molecule has 0 aliphatic rings. The molecule has 5 heteroatoms. The van der Waals surface area contributed by atoms with E-state index in [1.165, 1.54) is 11.1 Å². The van der Waals surface area contributed by atoms with Crippen LogP contribution in [-0.4, -0.2) is 9.55 Å². The maximum absolute atomic E-state index is 6.25. The minimum absolute atomic E-state index is 0.689. The maximum atomic E-state index is 6.25. The molecule has 0 atom stereocenters. The van der Waals surface area contributed by atoms with E-state index in [0.717, 1.165) is 34.2 Å². The first-order valence-corrected chi connectivity index (χ1v) is 9.29. The predicted octanol–water partition coefficient (Wildman–Crippen LogP) is 6.21. The molecule has 4 aromatic rings. The molecule has 2 heterocycles. The number of imidazole rings is 1. The number of fused-ring (bicyclic) bond motifs is 1. The first kappa shape index (κ1) is 16.2. The maximum Gasteiger partial charge on any atom is 0.181 e. The lowest BCUT2D eigenvalue weighted by Crippen LogP contribution is -2.01. The minimum atomic E-state index is 0.689. The third kappa shape index (κ3) is 3.28. The molecule has 2 aromatic heterocycles. The highest BCUT2D eigenvalue weighted by molar-refractivity contribution is 7.12. The number of hydrogen-bond acceptors (Lipinski definition) is 3. The summed E-state index contributed by atoms with van der Waals surface area (Å²) in [6, 6.07) is 16.1. The van der Waals surface area contributed by atoms with Crippen molar-refractivity contribution in [2.45, 2.75) is 20.4 Å². The Morgan fingerprint density at radius 2 is 1.92 bits per heavy atom. The number of ether oxygens (including phenoxy) is 1. The molecular formula is C20H17ClN2OS. The van der Waals surface area contributed by atoms with E-state index < -0.39 is 0 Å². The van der Waals surface area contributed by atoms with Crippen LogP contribution in [0.15, 0.2) is 53.9 Å². The summed E-state index contributed by atoms with van der Waals surface area (Å²) < 4.78 is 8.06. The Kier molecular flexibility index (Phi) is 4.24. The molecule has 0 amide bonds. The average molecular weight is 369 g/mol. The molecule has 0 bridgehead atoms. The molecule has 0 radical (unpaired) electrons. The van der Waals surface area contributed by atoms with Gasteiger partial charge < -0.3 is 9.30 Å². The standard InChI is InChI=1S/C20H17ClN2OS/c1-13-10-19(25-12-13)24-16-8-6-15(7-9-16)11-23-14(2)22-20-17(21)4-3-5-18(20)23/h3-10,12H,11H2,1-2H3. The molecular weight excluding hydrogens is 352 g/mol. The number of benzene rings is 2. The molecule has 0 unspecified atom stereocenters. The van der Waals surface area contributed by atoms with E-state index in [9.17, 15) is 0 Å². The van der Waals surface area contributed by atoms with Crippen LogP contribution in [0.4, 0.5) is 0 Å². The molecule has 2 aromatic carbocycles. The number of para-hydroxylation sites is 1. The van der Waals surface area contributed by atoms with Gasteiger partial charge in [0.05, 0.1) is 10.5 Å². The molecule has 3 nitrogen and oxygen atoms in total. The SMILES string of the molecule is Cc1csc(Oc2ccc(Cn3c(C)nc4c(Cl)cccc43)cc2)c1. The van der Waals surface area contributed by atoms with E-state index in [1.807, 2.05) is 37.3 Å². The van der Waals surface area contributed by atoms with Crippen molar-refractivity contribution in [3.8, 4) is 10.8 Å². The van der Waals surface area contributed by atoms with Crippen LogP contribution in [0.5, 0.6) is 10.8 Å². The zero-order valence-corrected chi connectivity index (χ0v) is 15.6. The lowest BCUT2D eigenvalue weighted by molar-refractivity contribution is 0.496. The van der Waals surface area contributed by atoms with Gasteiger partial charge in [-0.25, -0.2) is 4.98 Å². The molecule has 0 saturated heterocycles. The van der Waals surface area contributed by atoms with Crippen LogP contribution >= 0.6 is 22.9 Å². The van der Waals surface area contributed by atoms with Crippen molar-refractivity contribution in [2.24, 2.45) is 0 Å². The van der Waals surface area contributed by atoms with Gasteiger partial charge in [0.25, 0.3) is 0 Å². The van der Waals surface area contributed by atoms with Crippen molar-refractivity contribution in [3.05, 3.63) is 75.9 Å². The predicted molar refractivity (Wildman–Crippen MR) is 104 cm³/mol. The number of aromatic nitrogens is 2. The summed E-state index contributed by atoms with van der Waals surface area (Å²) in [7, 11) is 0. The third-order valence-electron chi connectivity index (χ3n) is 4.11. The van der Waals surface area contributed by atoms with Gasteiger partial charge in [-0.1, -0.05) is 29.8 Å². The van der Waals surface area contributed by atoms with Crippen molar-refractivity contribution >= 4 is 34.0 Å². The molecule has 0 fully saturated rings. The number of thiophene rings is 1. The van der Waals surface area contributed by atoms with Crippen LogP contribution in [0.3, 0.4) is 0 Å². The Labute approximate surface area is 155 Å². The first-order chi connectivity index (χ1) is 12.1. The second-order valence-electron chi connectivity index (χ2n) is 6.04. The normalized spacial score (nSPS) is 11.2. The summed E-state index contributed by atoms with van der Waals surface area (Å²) in [4.78, 5) is 4.59. The number of hydrogen-bond donors (Lipinski definition) is 0. The van der Waals surface area contributed by atoms with Crippen molar-refractivity contribution in [2.75, 3.05) is 0 Å². The largest absolute Gasteiger partial charge is 0.447 e. The van der Waals surface area contributed by atoms with E-state index in [2.05, 4.69) is 40.1 Å².